The van der Waals surface area contributed by atoms with Gasteiger partial charge in [0.25, 0.3) is 15.9 Å². The van der Waals surface area contributed by atoms with Crippen LogP contribution in [0.4, 0.5) is 5.69 Å². The van der Waals surface area contributed by atoms with Crippen LogP contribution in [0.5, 0.6) is 0 Å². The van der Waals surface area contributed by atoms with Crippen LogP contribution in [0.25, 0.3) is 0 Å². The van der Waals surface area contributed by atoms with Crippen LogP contribution in [-0.2, 0) is 10.0 Å². The number of piperazine rings is 1. The minimum Gasteiger partial charge on any atom is -0.336 e. The highest BCUT2D eigenvalue weighted by molar-refractivity contribution is 7.92. The van der Waals surface area contributed by atoms with Crippen LogP contribution in [0, 0.1) is 17.2 Å². The topological polar surface area (TPSA) is 93.5 Å². The number of rotatable bonds is 6. The van der Waals surface area contributed by atoms with E-state index in [0.29, 0.717) is 37.4 Å². The molecule has 0 bridgehead atoms. The Kier molecular flexibility index (Phi) is 6.75. The van der Waals surface area contributed by atoms with Crippen molar-refractivity contribution in [2.45, 2.75) is 24.8 Å². The number of nitrogens with zero attached hydrogens (tertiary/aromatic N) is 3. The van der Waals surface area contributed by atoms with Crippen molar-refractivity contribution in [3.05, 3.63) is 60.2 Å². The number of hydrogen-bond donors (Lipinski definition) is 1. The Morgan fingerprint density at radius 2 is 1.70 bits per heavy atom. The summed E-state index contributed by atoms with van der Waals surface area (Å²) in [7, 11) is -3.72. The van der Waals surface area contributed by atoms with E-state index in [4.69, 9.17) is 0 Å². The lowest BCUT2D eigenvalue weighted by Crippen LogP contribution is -2.52. The van der Waals surface area contributed by atoms with Crippen molar-refractivity contribution in [1.82, 2.24) is 9.80 Å². The highest BCUT2D eigenvalue weighted by atomic mass is 32.2. The zero-order chi connectivity index (χ0) is 21.7. The van der Waals surface area contributed by atoms with Crippen LogP contribution in [0.15, 0.2) is 59.5 Å². The van der Waals surface area contributed by atoms with Crippen LogP contribution >= 0.6 is 0 Å². The maximum absolute atomic E-state index is 12.9. The molecule has 2 aromatic carbocycles. The lowest BCUT2D eigenvalue weighted by atomic mass is 10.0. The first-order valence-corrected chi connectivity index (χ1v) is 11.4. The molecule has 2 aromatic rings. The van der Waals surface area contributed by atoms with Gasteiger partial charge in [-0.25, -0.2) is 8.42 Å². The van der Waals surface area contributed by atoms with E-state index < -0.39 is 10.0 Å². The summed E-state index contributed by atoms with van der Waals surface area (Å²) in [5, 5.41) is 9.38. The molecule has 1 amide bonds. The van der Waals surface area contributed by atoms with Crippen LogP contribution < -0.4 is 4.72 Å². The minimum atomic E-state index is -3.72. The van der Waals surface area contributed by atoms with Gasteiger partial charge >= 0.3 is 0 Å². The van der Waals surface area contributed by atoms with Crippen molar-refractivity contribution in [1.29, 1.82) is 5.26 Å². The fourth-order valence-electron chi connectivity index (χ4n) is 3.57. The molecule has 1 heterocycles. The maximum atomic E-state index is 12.9. The summed E-state index contributed by atoms with van der Waals surface area (Å²) in [6.07, 6.45) is 0. The van der Waals surface area contributed by atoms with Crippen molar-refractivity contribution < 1.29 is 13.2 Å². The van der Waals surface area contributed by atoms with Crippen molar-refractivity contribution in [2.75, 3.05) is 30.9 Å². The van der Waals surface area contributed by atoms with Gasteiger partial charge in [-0.15, -0.1) is 0 Å². The molecule has 0 radical (unpaired) electrons. The Balaban J connectivity index is 1.68. The molecule has 1 atom stereocenters. The number of carbonyl (C=O) groups excluding carboxylic acids is 1. The van der Waals surface area contributed by atoms with Crippen LogP contribution in [0.3, 0.4) is 0 Å². The zero-order valence-electron chi connectivity index (χ0n) is 17.2. The Labute approximate surface area is 178 Å². The zero-order valence-corrected chi connectivity index (χ0v) is 18.0. The predicted molar refractivity (Wildman–Crippen MR) is 115 cm³/mol. The van der Waals surface area contributed by atoms with Gasteiger partial charge in [0.05, 0.1) is 11.0 Å². The average Bonchev–Trinajstić information content (AvgIpc) is 2.74. The minimum absolute atomic E-state index is 0.145. The first-order chi connectivity index (χ1) is 14.3. The molecule has 1 unspecified atom stereocenters. The molecule has 3 rings (SSSR count). The van der Waals surface area contributed by atoms with E-state index in [2.05, 4.69) is 15.7 Å². The summed E-state index contributed by atoms with van der Waals surface area (Å²) in [5.41, 5.74) is 0.769. The molecule has 8 heteroatoms. The van der Waals surface area contributed by atoms with E-state index >= 15 is 0 Å². The summed E-state index contributed by atoms with van der Waals surface area (Å²) in [6, 6.07) is 16.8. The SMILES string of the molecule is CC(C)C(C#N)N1CCN(C(=O)c2cccc(NS(=O)(=O)c3ccccc3)c2)CC1. The van der Waals surface area contributed by atoms with Gasteiger partial charge in [-0.3, -0.25) is 14.4 Å². The predicted octanol–water partition coefficient (Wildman–Crippen LogP) is 2.79. The van der Waals surface area contributed by atoms with Crippen molar-refractivity contribution in [3.63, 3.8) is 0 Å². The van der Waals surface area contributed by atoms with E-state index in [-0.39, 0.29) is 22.8 Å². The van der Waals surface area contributed by atoms with Gasteiger partial charge in [-0.05, 0) is 36.2 Å². The second-order valence-corrected chi connectivity index (χ2v) is 9.33. The highest BCUT2D eigenvalue weighted by Gasteiger charge is 2.28. The monoisotopic (exact) mass is 426 g/mol. The molecule has 158 valence electrons. The largest absolute Gasteiger partial charge is 0.336 e. The Morgan fingerprint density at radius 1 is 1.03 bits per heavy atom. The van der Waals surface area contributed by atoms with Gasteiger partial charge in [0.1, 0.15) is 6.04 Å². The van der Waals surface area contributed by atoms with Gasteiger partial charge in [0.2, 0.25) is 0 Å². The second kappa shape index (κ2) is 9.28. The van der Waals surface area contributed by atoms with Crippen LogP contribution in [0.1, 0.15) is 24.2 Å². The molecule has 1 N–H and O–H groups in total. The van der Waals surface area contributed by atoms with Crippen molar-refractivity contribution in [2.24, 2.45) is 5.92 Å². The summed E-state index contributed by atoms with van der Waals surface area (Å²) < 4.78 is 27.6. The van der Waals surface area contributed by atoms with Gasteiger partial charge in [-0.1, -0.05) is 38.1 Å². The lowest BCUT2D eigenvalue weighted by Gasteiger charge is -2.38. The number of carbonyl (C=O) groups is 1. The Bertz CT molecular complexity index is 1020. The normalized spacial score (nSPS) is 16.1. The van der Waals surface area contributed by atoms with Gasteiger partial charge in [-0.2, -0.15) is 5.26 Å². The number of nitriles is 1. The Hall–Kier alpha value is -2.89. The lowest BCUT2D eigenvalue weighted by molar-refractivity contribution is 0.0577. The van der Waals surface area contributed by atoms with Crippen molar-refractivity contribution >= 4 is 21.6 Å². The molecule has 30 heavy (non-hydrogen) atoms. The van der Waals surface area contributed by atoms with Gasteiger partial charge < -0.3 is 4.90 Å². The quantitative estimate of drug-likeness (QED) is 0.767. The molecule has 0 aromatic heterocycles. The average molecular weight is 427 g/mol. The molecule has 1 aliphatic rings. The number of benzene rings is 2. The molecular formula is C22H26N4O3S. The second-order valence-electron chi connectivity index (χ2n) is 7.65. The molecule has 1 saturated heterocycles. The third-order valence-corrected chi connectivity index (χ3v) is 6.57. The highest BCUT2D eigenvalue weighted by Crippen LogP contribution is 2.19. The Morgan fingerprint density at radius 3 is 2.30 bits per heavy atom. The molecule has 7 nitrogen and oxygen atoms in total. The van der Waals surface area contributed by atoms with E-state index in [1.807, 2.05) is 13.8 Å². The molecule has 0 spiro atoms. The number of anilines is 1. The summed E-state index contributed by atoms with van der Waals surface area (Å²) in [4.78, 5) is 17.0. The van der Waals surface area contributed by atoms with Gasteiger partial charge in [0.15, 0.2) is 0 Å². The third-order valence-electron chi connectivity index (χ3n) is 5.17. The molecular weight excluding hydrogens is 400 g/mol. The van der Waals surface area contributed by atoms with Crippen LogP contribution in [0.2, 0.25) is 0 Å². The molecule has 1 aliphatic heterocycles. The van der Waals surface area contributed by atoms with E-state index in [1.54, 1.807) is 47.4 Å². The van der Waals surface area contributed by atoms with Crippen molar-refractivity contribution in [3.8, 4) is 6.07 Å². The standard InChI is InChI=1S/C22H26N4O3S/c1-17(2)21(16-23)25-11-13-26(14-12-25)22(27)18-7-6-8-19(15-18)24-30(28,29)20-9-4-3-5-10-20/h3-10,15,17,21,24H,11-14H2,1-2H3. The molecule has 0 aliphatic carbocycles. The van der Waals surface area contributed by atoms with E-state index in [9.17, 15) is 18.5 Å². The first kappa shape index (κ1) is 21.8. The third kappa shape index (κ3) is 4.99. The summed E-state index contributed by atoms with van der Waals surface area (Å²) in [6.45, 7) is 6.39. The maximum Gasteiger partial charge on any atom is 0.261 e. The number of amides is 1. The number of hydrogen-bond acceptors (Lipinski definition) is 5. The summed E-state index contributed by atoms with van der Waals surface area (Å²) in [5.74, 6) is 0.0834. The van der Waals surface area contributed by atoms with Gasteiger partial charge in [0, 0.05) is 37.4 Å². The number of sulfonamides is 1. The fourth-order valence-corrected chi connectivity index (χ4v) is 4.64. The van der Waals surface area contributed by atoms with E-state index in [1.165, 1.54) is 12.1 Å². The fraction of sp³-hybridized carbons (Fsp3) is 0.364. The molecule has 1 fully saturated rings. The van der Waals surface area contributed by atoms with E-state index in [0.717, 1.165) is 0 Å². The smallest absolute Gasteiger partial charge is 0.261 e. The van der Waals surface area contributed by atoms with Crippen LogP contribution in [-0.4, -0.2) is 56.3 Å². The molecule has 0 saturated carbocycles. The first-order valence-electron chi connectivity index (χ1n) is 9.92. The number of nitrogens with one attached hydrogen (secondary N) is 1. The summed E-state index contributed by atoms with van der Waals surface area (Å²) >= 11 is 0.